The molecule has 6 heterocycles. The highest BCUT2D eigenvalue weighted by atomic mass is 16.5. The van der Waals surface area contributed by atoms with Gasteiger partial charge in [-0.3, -0.25) is 9.88 Å². The van der Waals surface area contributed by atoms with Crippen LogP contribution < -0.4 is 9.47 Å². The van der Waals surface area contributed by atoms with Crippen molar-refractivity contribution in [1.29, 1.82) is 0 Å². The Bertz CT molecular complexity index is 1330. The maximum absolute atomic E-state index is 6.04. The van der Waals surface area contributed by atoms with Crippen LogP contribution in [0, 0.1) is 6.92 Å². The van der Waals surface area contributed by atoms with Gasteiger partial charge in [0.05, 0.1) is 19.4 Å². The van der Waals surface area contributed by atoms with Crippen molar-refractivity contribution in [3.63, 3.8) is 0 Å². The lowest BCUT2D eigenvalue weighted by atomic mass is 10.0. The van der Waals surface area contributed by atoms with E-state index >= 15 is 0 Å². The van der Waals surface area contributed by atoms with Crippen LogP contribution in [0.15, 0.2) is 28.8 Å². The van der Waals surface area contributed by atoms with E-state index in [9.17, 15) is 0 Å². The van der Waals surface area contributed by atoms with Gasteiger partial charge in [-0.05, 0) is 25.0 Å². The number of aryl methyl sites for hydroxylation is 1. The fourth-order valence-corrected chi connectivity index (χ4v) is 4.50. The second kappa shape index (κ2) is 8.65. The summed E-state index contributed by atoms with van der Waals surface area (Å²) in [6.07, 6.45) is 2.03. The fourth-order valence-electron chi connectivity index (χ4n) is 4.50. The van der Waals surface area contributed by atoms with Crippen molar-refractivity contribution in [1.82, 2.24) is 34.9 Å². The first kappa shape index (κ1) is 21.0. The van der Waals surface area contributed by atoms with E-state index in [0.29, 0.717) is 40.6 Å². The highest BCUT2D eigenvalue weighted by Crippen LogP contribution is 2.28. The van der Waals surface area contributed by atoms with E-state index < -0.39 is 0 Å². The third-order valence-electron chi connectivity index (χ3n) is 6.32. The van der Waals surface area contributed by atoms with Gasteiger partial charge < -0.3 is 18.7 Å². The van der Waals surface area contributed by atoms with Gasteiger partial charge in [-0.1, -0.05) is 11.2 Å². The highest BCUT2D eigenvalue weighted by molar-refractivity contribution is 5.56. The summed E-state index contributed by atoms with van der Waals surface area (Å²) in [5, 5.41) is 16.9. The lowest BCUT2D eigenvalue weighted by Gasteiger charge is -2.32. The predicted molar refractivity (Wildman–Crippen MR) is 119 cm³/mol. The first-order valence-electron chi connectivity index (χ1n) is 11.3. The van der Waals surface area contributed by atoms with E-state index in [-0.39, 0.29) is 6.61 Å². The molecule has 0 amide bonds. The first-order chi connectivity index (χ1) is 16.7. The molecule has 1 fully saturated rings. The van der Waals surface area contributed by atoms with E-state index in [2.05, 4.69) is 31.4 Å². The zero-order valence-corrected chi connectivity index (χ0v) is 19.1. The second-order valence-electron chi connectivity index (χ2n) is 8.57. The molecule has 34 heavy (non-hydrogen) atoms. The molecule has 0 bridgehead atoms. The molecule has 0 aromatic carbocycles. The third kappa shape index (κ3) is 3.86. The van der Waals surface area contributed by atoms with Gasteiger partial charge in [0.2, 0.25) is 5.82 Å². The van der Waals surface area contributed by atoms with Gasteiger partial charge in [0, 0.05) is 50.0 Å². The molecule has 0 radical (unpaired) electrons. The molecule has 2 aliphatic rings. The van der Waals surface area contributed by atoms with Crippen LogP contribution >= 0.6 is 0 Å². The first-order valence-corrected chi connectivity index (χ1v) is 11.3. The van der Waals surface area contributed by atoms with Gasteiger partial charge in [-0.25, -0.2) is 0 Å². The Morgan fingerprint density at radius 1 is 1.21 bits per heavy atom. The van der Waals surface area contributed by atoms with Gasteiger partial charge >= 0.3 is 0 Å². The van der Waals surface area contributed by atoms with Crippen LogP contribution in [0.1, 0.15) is 29.1 Å². The van der Waals surface area contributed by atoms with E-state index in [1.54, 1.807) is 23.8 Å². The van der Waals surface area contributed by atoms with E-state index in [1.807, 2.05) is 13.0 Å². The van der Waals surface area contributed by atoms with Gasteiger partial charge in [0.1, 0.15) is 12.4 Å². The average molecular weight is 463 g/mol. The van der Waals surface area contributed by atoms with Crippen molar-refractivity contribution in [2.75, 3.05) is 26.9 Å². The molecule has 0 aliphatic carbocycles. The second-order valence-corrected chi connectivity index (χ2v) is 8.57. The Labute approximate surface area is 195 Å². The van der Waals surface area contributed by atoms with Crippen molar-refractivity contribution in [3.8, 4) is 23.1 Å². The number of hydrogen-bond acceptors (Lipinski definition) is 10. The maximum Gasteiger partial charge on any atom is 0.275 e. The molecule has 11 heteroatoms. The number of fused-ring (bicyclic) bond motifs is 2. The molecule has 2 aliphatic heterocycles. The van der Waals surface area contributed by atoms with Crippen molar-refractivity contribution in [2.45, 2.75) is 39.0 Å². The van der Waals surface area contributed by atoms with Gasteiger partial charge in [0.25, 0.3) is 5.88 Å². The minimum Gasteiger partial charge on any atom is -0.491 e. The Morgan fingerprint density at radius 3 is 2.94 bits per heavy atom. The van der Waals surface area contributed by atoms with Crippen molar-refractivity contribution in [3.05, 3.63) is 47.0 Å². The predicted octanol–water partition coefficient (Wildman–Crippen LogP) is 2.22. The Hall–Kier alpha value is -3.57. The number of aromatic nitrogens is 6. The summed E-state index contributed by atoms with van der Waals surface area (Å²) >= 11 is 0. The van der Waals surface area contributed by atoms with E-state index in [4.69, 9.17) is 23.7 Å². The van der Waals surface area contributed by atoms with Crippen molar-refractivity contribution >= 4 is 5.65 Å². The fraction of sp³-hybridized carbons (Fsp3) is 0.435. The molecule has 0 spiro atoms. The molecular formula is C23H25N7O4. The van der Waals surface area contributed by atoms with E-state index in [0.717, 1.165) is 50.5 Å². The number of ether oxygens (including phenoxy) is 3. The molecule has 11 nitrogen and oxygen atoms in total. The number of rotatable bonds is 6. The number of hydrogen-bond donors (Lipinski definition) is 0. The molecule has 4 aromatic rings. The van der Waals surface area contributed by atoms with Crippen LogP contribution in [0.2, 0.25) is 0 Å². The molecule has 1 saturated heterocycles. The normalized spacial score (nSPS) is 18.4. The summed E-state index contributed by atoms with van der Waals surface area (Å²) in [5.74, 6) is 1.93. The average Bonchev–Trinajstić information content (AvgIpc) is 3.62. The van der Waals surface area contributed by atoms with Gasteiger partial charge in [-0.2, -0.15) is 4.52 Å². The summed E-state index contributed by atoms with van der Waals surface area (Å²) in [5.41, 5.74) is 4.31. The molecule has 4 aromatic heterocycles. The Balaban J connectivity index is 1.21. The van der Waals surface area contributed by atoms with Crippen LogP contribution in [0.25, 0.3) is 17.2 Å². The smallest absolute Gasteiger partial charge is 0.275 e. The van der Waals surface area contributed by atoms with Crippen molar-refractivity contribution < 1.29 is 18.7 Å². The minimum absolute atomic E-state index is 0.267. The monoisotopic (exact) mass is 463 g/mol. The molecule has 0 unspecified atom stereocenters. The Kier molecular flexibility index (Phi) is 5.34. The standard InChI is InChI=1S/C23H25N7O4/c1-14-9-19(28-34-14)22-26-25-21-10-20(31-2)23(27-30(21)22)33-12-16-4-3-15-11-29(7-5-18(15)24-16)17-6-8-32-13-17/h3-4,9-10,17H,5-8,11-13H2,1-2H3/t17-/m0/s1. The maximum atomic E-state index is 6.04. The molecule has 6 rings (SSSR count). The number of nitrogens with zero attached hydrogens (tertiary/aromatic N) is 7. The lowest BCUT2D eigenvalue weighted by Crippen LogP contribution is -2.39. The molecule has 1 atom stereocenters. The zero-order chi connectivity index (χ0) is 23.1. The van der Waals surface area contributed by atoms with Gasteiger partial charge in [0.15, 0.2) is 17.1 Å². The zero-order valence-electron chi connectivity index (χ0n) is 19.1. The van der Waals surface area contributed by atoms with Crippen LogP contribution in [0.3, 0.4) is 0 Å². The largest absolute Gasteiger partial charge is 0.491 e. The van der Waals surface area contributed by atoms with Crippen molar-refractivity contribution in [2.24, 2.45) is 0 Å². The minimum atomic E-state index is 0.267. The Morgan fingerprint density at radius 2 is 2.15 bits per heavy atom. The lowest BCUT2D eigenvalue weighted by molar-refractivity contribution is 0.134. The quantitative estimate of drug-likeness (QED) is 0.422. The van der Waals surface area contributed by atoms with Crippen LogP contribution in [-0.2, 0) is 24.3 Å². The number of methoxy groups -OCH3 is 1. The summed E-state index contributed by atoms with van der Waals surface area (Å²) in [6, 6.07) is 8.20. The molecule has 0 saturated carbocycles. The SMILES string of the molecule is COc1cc2nnc(-c3cc(C)on3)n2nc1OCc1ccc2c(n1)CCN([C@H]1CCOC1)C2. The van der Waals surface area contributed by atoms with Gasteiger partial charge in [-0.15, -0.1) is 15.3 Å². The topological polar surface area (TPSA) is 113 Å². The molecule has 176 valence electrons. The number of pyridine rings is 1. The summed E-state index contributed by atoms with van der Waals surface area (Å²) in [6.45, 7) is 5.70. The summed E-state index contributed by atoms with van der Waals surface area (Å²) < 4.78 is 23.8. The third-order valence-corrected chi connectivity index (χ3v) is 6.32. The molecule has 0 N–H and O–H groups in total. The highest BCUT2D eigenvalue weighted by Gasteiger charge is 2.27. The summed E-state index contributed by atoms with van der Waals surface area (Å²) in [4.78, 5) is 7.36. The van der Waals surface area contributed by atoms with Crippen LogP contribution in [0.4, 0.5) is 0 Å². The summed E-state index contributed by atoms with van der Waals surface area (Å²) in [7, 11) is 1.57. The van der Waals surface area contributed by atoms with E-state index in [1.165, 1.54) is 5.56 Å². The van der Waals surface area contributed by atoms with Crippen LogP contribution in [-0.4, -0.2) is 67.8 Å². The van der Waals surface area contributed by atoms with Crippen LogP contribution in [0.5, 0.6) is 11.6 Å². The molecular weight excluding hydrogens is 438 g/mol.